The van der Waals surface area contributed by atoms with Crippen LogP contribution < -0.4 is 28.7 Å². The summed E-state index contributed by atoms with van der Waals surface area (Å²) in [5, 5.41) is 7.60. The predicted octanol–water partition coefficient (Wildman–Crippen LogP) is -2.55. The Bertz CT molecular complexity index is 177. The molecule has 0 aromatic carbocycles. The minimum Gasteiger partial charge on any atom is -0.478 e. The molecule has 0 aliphatic rings. The molecular weight excluding hydrogens is 186 g/mol. The van der Waals surface area contributed by atoms with Crippen LogP contribution in [-0.4, -0.2) is 29.4 Å². The van der Waals surface area contributed by atoms with Crippen molar-refractivity contribution in [2.75, 3.05) is 6.54 Å². The molecule has 1 atom stereocenters. The molecule has 14 heavy (non-hydrogen) atoms. The summed E-state index contributed by atoms with van der Waals surface area (Å²) in [7, 11) is 0. The molecule has 0 heterocycles. The monoisotopic (exact) mass is 205 g/mol. The number of carbonyl (C=O) groups is 1. The molecule has 84 valence electrons. The summed E-state index contributed by atoms with van der Waals surface area (Å²) in [6.45, 7) is 3.41. The van der Waals surface area contributed by atoms with Crippen molar-refractivity contribution in [3.05, 3.63) is 12.7 Å². The number of hydrogen-bond donors (Lipinski definition) is 6. The van der Waals surface area contributed by atoms with Crippen LogP contribution in [0.5, 0.6) is 0 Å². The van der Waals surface area contributed by atoms with E-state index >= 15 is 0 Å². The summed E-state index contributed by atoms with van der Waals surface area (Å²) in [6, 6.07) is -0.428. The Labute approximate surface area is 82.9 Å². The molecule has 0 radical (unpaired) electrons. The molecule has 0 bridgehead atoms. The van der Waals surface area contributed by atoms with Crippen molar-refractivity contribution in [1.82, 2.24) is 0 Å². The summed E-state index contributed by atoms with van der Waals surface area (Å²) in [5.41, 5.74) is 26.3. The Balaban J connectivity index is 0. The molecule has 0 aliphatic heterocycles. The van der Waals surface area contributed by atoms with E-state index in [0.29, 0.717) is 13.0 Å². The van der Waals surface area contributed by atoms with Gasteiger partial charge in [0.1, 0.15) is 5.79 Å². The first kappa shape index (κ1) is 15.5. The van der Waals surface area contributed by atoms with Gasteiger partial charge in [-0.15, -0.1) is 0 Å². The molecule has 1 unspecified atom stereocenters. The van der Waals surface area contributed by atoms with Crippen molar-refractivity contribution >= 4 is 5.97 Å². The molecule has 7 heteroatoms. The first-order valence-electron chi connectivity index (χ1n) is 3.93. The van der Waals surface area contributed by atoms with Gasteiger partial charge in [0, 0.05) is 6.08 Å². The third-order valence-electron chi connectivity index (χ3n) is 1.29. The first-order valence-corrected chi connectivity index (χ1v) is 3.93. The summed E-state index contributed by atoms with van der Waals surface area (Å²) >= 11 is 0. The molecule has 0 fully saturated rings. The van der Waals surface area contributed by atoms with Gasteiger partial charge in [-0.25, -0.2) is 4.79 Å². The number of rotatable bonds is 4. The zero-order chi connectivity index (χ0) is 11.8. The number of carboxylic acid groups (broad SMARTS) is 1. The average Bonchev–Trinajstić information content (AvgIpc) is 2.04. The second-order valence-electron chi connectivity index (χ2n) is 2.73. The Kier molecular flexibility index (Phi) is 8.20. The van der Waals surface area contributed by atoms with E-state index in [2.05, 4.69) is 6.58 Å². The third kappa shape index (κ3) is 11.0. The van der Waals surface area contributed by atoms with E-state index in [4.69, 9.17) is 33.8 Å². The molecule has 0 amide bonds. The molecule has 0 spiro atoms. The number of hydrogen-bond acceptors (Lipinski definition) is 6. The van der Waals surface area contributed by atoms with Gasteiger partial charge in [0.05, 0.1) is 6.04 Å². The Morgan fingerprint density at radius 1 is 1.50 bits per heavy atom. The highest BCUT2D eigenvalue weighted by Gasteiger charge is 2.20. The zero-order valence-electron chi connectivity index (χ0n) is 8.02. The van der Waals surface area contributed by atoms with Crippen LogP contribution >= 0.6 is 0 Å². The summed E-state index contributed by atoms with van der Waals surface area (Å²) < 4.78 is 0. The number of carboxylic acids is 1. The van der Waals surface area contributed by atoms with Gasteiger partial charge in [0.25, 0.3) is 0 Å². The van der Waals surface area contributed by atoms with Crippen molar-refractivity contribution in [3.63, 3.8) is 0 Å². The van der Waals surface area contributed by atoms with Crippen molar-refractivity contribution < 1.29 is 9.90 Å². The molecular formula is C7H19N5O2. The van der Waals surface area contributed by atoms with Crippen molar-refractivity contribution in [3.8, 4) is 0 Å². The number of nitrogens with two attached hydrogens (primary N) is 5. The fraction of sp³-hybridized carbons (Fsp3) is 0.571. The van der Waals surface area contributed by atoms with E-state index in [1.165, 1.54) is 0 Å². The van der Waals surface area contributed by atoms with Gasteiger partial charge in [-0.2, -0.15) is 0 Å². The number of aliphatic carboxylic acids is 1. The van der Waals surface area contributed by atoms with Crippen LogP contribution in [0.25, 0.3) is 0 Å². The quantitative estimate of drug-likeness (QED) is 0.217. The van der Waals surface area contributed by atoms with Crippen molar-refractivity contribution in [1.29, 1.82) is 0 Å². The zero-order valence-corrected chi connectivity index (χ0v) is 8.02. The van der Waals surface area contributed by atoms with Crippen LogP contribution in [0.15, 0.2) is 12.7 Å². The minimum atomic E-state index is -1.29. The standard InChI is InChI=1S/C4H15N5.C3H4O2/c5-2-1-3(6)4(7,8)9;1-2-3(4)5/h3H,1-2,5-9H2;2H,1H2,(H,4,5). The maximum absolute atomic E-state index is 9.25. The van der Waals surface area contributed by atoms with Crippen LogP contribution in [-0.2, 0) is 4.79 Å². The largest absolute Gasteiger partial charge is 0.478 e. The van der Waals surface area contributed by atoms with Gasteiger partial charge in [-0.3, -0.25) is 17.2 Å². The summed E-state index contributed by atoms with van der Waals surface area (Å²) in [6.07, 6.45) is 1.38. The van der Waals surface area contributed by atoms with E-state index in [-0.39, 0.29) is 0 Å². The van der Waals surface area contributed by atoms with Crippen LogP contribution in [0.1, 0.15) is 6.42 Å². The topological polar surface area (TPSA) is 167 Å². The van der Waals surface area contributed by atoms with E-state index in [0.717, 1.165) is 6.08 Å². The maximum atomic E-state index is 9.25. The van der Waals surface area contributed by atoms with Gasteiger partial charge >= 0.3 is 5.97 Å². The van der Waals surface area contributed by atoms with Gasteiger partial charge in [0.2, 0.25) is 0 Å². The molecule has 0 aliphatic carbocycles. The lowest BCUT2D eigenvalue weighted by atomic mass is 10.1. The second-order valence-corrected chi connectivity index (χ2v) is 2.73. The summed E-state index contributed by atoms with van der Waals surface area (Å²) in [5.74, 6) is -2.27. The summed E-state index contributed by atoms with van der Waals surface area (Å²) in [4.78, 5) is 9.25. The lowest BCUT2D eigenvalue weighted by Gasteiger charge is -2.25. The second kappa shape index (κ2) is 7.42. The van der Waals surface area contributed by atoms with E-state index in [9.17, 15) is 4.79 Å². The van der Waals surface area contributed by atoms with Crippen LogP contribution in [0, 0.1) is 0 Å². The highest BCUT2D eigenvalue weighted by molar-refractivity contribution is 5.78. The third-order valence-corrected chi connectivity index (χ3v) is 1.29. The average molecular weight is 205 g/mol. The minimum absolute atomic E-state index is 0.428. The molecule has 0 saturated carbocycles. The molecule has 11 N–H and O–H groups in total. The molecule has 7 nitrogen and oxygen atoms in total. The Hall–Kier alpha value is -0.990. The first-order chi connectivity index (χ1) is 6.25. The van der Waals surface area contributed by atoms with Crippen LogP contribution in [0.3, 0.4) is 0 Å². The van der Waals surface area contributed by atoms with Crippen molar-refractivity contribution in [2.45, 2.75) is 18.2 Å². The van der Waals surface area contributed by atoms with Crippen molar-refractivity contribution in [2.24, 2.45) is 28.7 Å². The van der Waals surface area contributed by atoms with Gasteiger partial charge in [-0.1, -0.05) is 6.58 Å². The smallest absolute Gasteiger partial charge is 0.327 e. The Morgan fingerprint density at radius 2 is 1.86 bits per heavy atom. The van der Waals surface area contributed by atoms with Crippen LogP contribution in [0.2, 0.25) is 0 Å². The molecule has 0 aromatic rings. The molecule has 0 rings (SSSR count). The normalized spacial score (nSPS) is 12.4. The van der Waals surface area contributed by atoms with Gasteiger partial charge in [-0.05, 0) is 13.0 Å². The SMILES string of the molecule is C=CC(=O)O.NCCC(N)C(N)(N)N. The van der Waals surface area contributed by atoms with E-state index < -0.39 is 17.8 Å². The lowest BCUT2D eigenvalue weighted by molar-refractivity contribution is -0.131. The van der Waals surface area contributed by atoms with E-state index in [1.807, 2.05) is 0 Å². The molecule has 0 aromatic heterocycles. The highest BCUT2D eigenvalue weighted by Crippen LogP contribution is 1.91. The van der Waals surface area contributed by atoms with Crippen LogP contribution in [0.4, 0.5) is 0 Å². The van der Waals surface area contributed by atoms with E-state index in [1.54, 1.807) is 0 Å². The predicted molar refractivity (Wildman–Crippen MR) is 54.8 cm³/mol. The lowest BCUT2D eigenvalue weighted by Crippen LogP contribution is -2.69. The maximum Gasteiger partial charge on any atom is 0.327 e. The fourth-order valence-corrected chi connectivity index (χ4v) is 0.430. The Morgan fingerprint density at radius 3 is 1.93 bits per heavy atom. The highest BCUT2D eigenvalue weighted by atomic mass is 16.4. The van der Waals surface area contributed by atoms with Gasteiger partial charge in [0.15, 0.2) is 0 Å². The molecule has 0 saturated heterocycles. The van der Waals surface area contributed by atoms with Gasteiger partial charge < -0.3 is 16.6 Å². The fourth-order valence-electron chi connectivity index (χ4n) is 0.430.